The number of ether oxygens (including phenoxy) is 1. The fraction of sp³-hybridized carbons (Fsp3) is 0.474. The second-order valence-electron chi connectivity index (χ2n) is 7.09. The Bertz CT molecular complexity index is 737. The van der Waals surface area contributed by atoms with Crippen LogP contribution < -0.4 is 9.64 Å². The second-order valence-corrected chi connectivity index (χ2v) is 7.09. The molecule has 2 rings (SSSR count). The fourth-order valence-electron chi connectivity index (χ4n) is 2.38. The zero-order valence-corrected chi connectivity index (χ0v) is 15.7. The van der Waals surface area contributed by atoms with Crippen LogP contribution in [0.5, 0.6) is 6.01 Å². The van der Waals surface area contributed by atoms with Gasteiger partial charge in [0.25, 0.3) is 0 Å². The molecular formula is C19H24F3N3O. The number of rotatable bonds is 5. The normalized spacial score (nSPS) is 12.2. The maximum absolute atomic E-state index is 13.4. The Balaban J connectivity index is 2.43. The molecule has 0 radical (unpaired) electrons. The SMILES string of the molecule is CCCOc1ncc(C(F)(F)F)c(N(C)c2ccc(C(C)(C)C)cc2)n1. The average molecular weight is 367 g/mol. The van der Waals surface area contributed by atoms with Crippen molar-refractivity contribution in [2.24, 2.45) is 0 Å². The molecule has 1 aromatic carbocycles. The van der Waals surface area contributed by atoms with E-state index in [0.29, 0.717) is 18.7 Å². The predicted molar refractivity (Wildman–Crippen MR) is 96.0 cm³/mol. The first-order chi connectivity index (χ1) is 12.0. The summed E-state index contributed by atoms with van der Waals surface area (Å²) in [6.45, 7) is 8.47. The van der Waals surface area contributed by atoms with Crippen molar-refractivity contribution in [1.82, 2.24) is 9.97 Å². The van der Waals surface area contributed by atoms with Gasteiger partial charge in [-0.25, -0.2) is 4.98 Å². The Morgan fingerprint density at radius 3 is 2.19 bits per heavy atom. The van der Waals surface area contributed by atoms with Gasteiger partial charge >= 0.3 is 12.2 Å². The molecule has 0 aliphatic heterocycles. The Kier molecular flexibility index (Phi) is 5.78. The van der Waals surface area contributed by atoms with Gasteiger partial charge in [-0.15, -0.1) is 0 Å². The molecule has 0 saturated heterocycles. The molecule has 4 nitrogen and oxygen atoms in total. The summed E-state index contributed by atoms with van der Waals surface area (Å²) in [6, 6.07) is 7.34. The number of hydrogen-bond donors (Lipinski definition) is 0. The van der Waals surface area contributed by atoms with Crippen LogP contribution in [0.25, 0.3) is 0 Å². The van der Waals surface area contributed by atoms with E-state index in [0.717, 1.165) is 11.8 Å². The molecule has 7 heteroatoms. The van der Waals surface area contributed by atoms with Crippen molar-refractivity contribution in [3.63, 3.8) is 0 Å². The fourth-order valence-corrected chi connectivity index (χ4v) is 2.38. The second kappa shape index (κ2) is 7.51. The molecule has 0 N–H and O–H groups in total. The maximum Gasteiger partial charge on any atom is 0.421 e. The van der Waals surface area contributed by atoms with Gasteiger partial charge in [-0.05, 0) is 29.5 Å². The first-order valence-corrected chi connectivity index (χ1v) is 8.45. The van der Waals surface area contributed by atoms with Crippen LogP contribution in [0.1, 0.15) is 45.2 Å². The van der Waals surface area contributed by atoms with Crippen LogP contribution in [-0.4, -0.2) is 23.6 Å². The number of anilines is 2. The number of halogens is 3. The highest BCUT2D eigenvalue weighted by Gasteiger charge is 2.36. The standard InChI is InChI=1S/C19H24F3N3O/c1-6-11-26-17-23-12-15(19(20,21)22)16(24-17)25(5)14-9-7-13(8-10-14)18(2,3)4/h7-10,12H,6,11H2,1-5H3. The molecule has 0 bridgehead atoms. The zero-order chi connectivity index (χ0) is 19.5. The molecule has 142 valence electrons. The molecule has 0 aliphatic rings. The van der Waals surface area contributed by atoms with Crippen LogP contribution in [0.3, 0.4) is 0 Å². The highest BCUT2D eigenvalue weighted by atomic mass is 19.4. The summed E-state index contributed by atoms with van der Waals surface area (Å²) in [7, 11) is 1.55. The van der Waals surface area contributed by atoms with E-state index in [2.05, 4.69) is 30.7 Å². The minimum absolute atomic E-state index is 0.0374. The lowest BCUT2D eigenvalue weighted by atomic mass is 9.87. The van der Waals surface area contributed by atoms with E-state index >= 15 is 0 Å². The Morgan fingerprint density at radius 2 is 1.69 bits per heavy atom. The highest BCUT2D eigenvalue weighted by Crippen LogP contribution is 2.38. The molecule has 0 unspecified atom stereocenters. The molecule has 1 aromatic heterocycles. The van der Waals surface area contributed by atoms with E-state index < -0.39 is 11.7 Å². The third kappa shape index (κ3) is 4.65. The van der Waals surface area contributed by atoms with E-state index in [-0.39, 0.29) is 17.2 Å². The summed E-state index contributed by atoms with van der Waals surface area (Å²) >= 11 is 0. The predicted octanol–water partition coefficient (Wildman–Crippen LogP) is 5.35. The lowest BCUT2D eigenvalue weighted by Crippen LogP contribution is -2.20. The molecule has 0 aliphatic carbocycles. The molecule has 2 aromatic rings. The minimum atomic E-state index is -4.56. The zero-order valence-electron chi connectivity index (χ0n) is 15.7. The van der Waals surface area contributed by atoms with Gasteiger partial charge in [-0.1, -0.05) is 39.8 Å². The van der Waals surface area contributed by atoms with Gasteiger partial charge in [0.05, 0.1) is 6.61 Å². The van der Waals surface area contributed by atoms with Crippen molar-refractivity contribution >= 4 is 11.5 Å². The third-order valence-corrected chi connectivity index (χ3v) is 3.93. The van der Waals surface area contributed by atoms with Gasteiger partial charge in [0.15, 0.2) is 5.82 Å². The van der Waals surface area contributed by atoms with Crippen molar-refractivity contribution < 1.29 is 17.9 Å². The number of nitrogens with zero attached hydrogens (tertiary/aromatic N) is 3. The van der Waals surface area contributed by atoms with E-state index in [9.17, 15) is 13.2 Å². The van der Waals surface area contributed by atoms with Gasteiger partial charge in [0, 0.05) is 18.9 Å². The first-order valence-electron chi connectivity index (χ1n) is 8.45. The average Bonchev–Trinajstić information content (AvgIpc) is 2.57. The van der Waals surface area contributed by atoms with E-state index in [1.807, 2.05) is 19.1 Å². The van der Waals surface area contributed by atoms with Gasteiger partial charge in [0.1, 0.15) is 5.56 Å². The lowest BCUT2D eigenvalue weighted by Gasteiger charge is -2.24. The molecule has 0 amide bonds. The Morgan fingerprint density at radius 1 is 1.08 bits per heavy atom. The monoisotopic (exact) mass is 367 g/mol. The van der Waals surface area contributed by atoms with E-state index in [4.69, 9.17) is 4.74 Å². The number of benzene rings is 1. The highest BCUT2D eigenvalue weighted by molar-refractivity contribution is 5.63. The van der Waals surface area contributed by atoms with Crippen molar-refractivity contribution in [3.8, 4) is 6.01 Å². The largest absolute Gasteiger partial charge is 0.463 e. The van der Waals surface area contributed by atoms with Crippen LogP contribution in [0, 0.1) is 0 Å². The number of aromatic nitrogens is 2. The summed E-state index contributed by atoms with van der Waals surface area (Å²) in [6.07, 6.45) is -3.07. The van der Waals surface area contributed by atoms with Crippen LogP contribution in [0.4, 0.5) is 24.7 Å². The van der Waals surface area contributed by atoms with Crippen molar-refractivity contribution in [3.05, 3.63) is 41.6 Å². The number of hydrogen-bond acceptors (Lipinski definition) is 4. The summed E-state index contributed by atoms with van der Waals surface area (Å²) in [5.74, 6) is -0.234. The summed E-state index contributed by atoms with van der Waals surface area (Å²) < 4.78 is 45.4. The molecule has 0 atom stereocenters. The molecule has 0 saturated carbocycles. The van der Waals surface area contributed by atoms with E-state index in [1.165, 1.54) is 4.90 Å². The van der Waals surface area contributed by atoms with Crippen LogP contribution in [0.15, 0.2) is 30.5 Å². The van der Waals surface area contributed by atoms with Crippen LogP contribution >= 0.6 is 0 Å². The van der Waals surface area contributed by atoms with Crippen molar-refractivity contribution in [2.45, 2.75) is 45.7 Å². The quantitative estimate of drug-likeness (QED) is 0.714. The Labute approximate surface area is 152 Å². The van der Waals surface area contributed by atoms with Gasteiger partial charge in [-0.3, -0.25) is 0 Å². The molecule has 26 heavy (non-hydrogen) atoms. The van der Waals surface area contributed by atoms with Gasteiger partial charge < -0.3 is 9.64 Å². The molecular weight excluding hydrogens is 343 g/mol. The van der Waals surface area contributed by atoms with Crippen molar-refractivity contribution in [2.75, 3.05) is 18.6 Å². The van der Waals surface area contributed by atoms with Gasteiger partial charge in [0.2, 0.25) is 0 Å². The van der Waals surface area contributed by atoms with Gasteiger partial charge in [-0.2, -0.15) is 18.2 Å². The minimum Gasteiger partial charge on any atom is -0.463 e. The topological polar surface area (TPSA) is 38.2 Å². The summed E-state index contributed by atoms with van der Waals surface area (Å²) in [5, 5.41) is 0. The summed E-state index contributed by atoms with van der Waals surface area (Å²) in [4.78, 5) is 9.08. The lowest BCUT2D eigenvalue weighted by molar-refractivity contribution is -0.137. The molecule has 0 spiro atoms. The third-order valence-electron chi connectivity index (χ3n) is 3.93. The Hall–Kier alpha value is -2.31. The van der Waals surface area contributed by atoms with Crippen LogP contribution in [-0.2, 0) is 11.6 Å². The van der Waals surface area contributed by atoms with Crippen LogP contribution in [0.2, 0.25) is 0 Å². The van der Waals surface area contributed by atoms with E-state index in [1.54, 1.807) is 19.2 Å². The summed E-state index contributed by atoms with van der Waals surface area (Å²) in [5.41, 5.74) is 0.761. The smallest absolute Gasteiger partial charge is 0.421 e. The molecule has 1 heterocycles. The number of alkyl halides is 3. The van der Waals surface area contributed by atoms with Crippen molar-refractivity contribution in [1.29, 1.82) is 0 Å². The molecule has 0 fully saturated rings. The first kappa shape index (κ1) is 20.0. The maximum atomic E-state index is 13.4.